The third kappa shape index (κ3) is 1.37. The minimum atomic E-state index is 0.631. The van der Waals surface area contributed by atoms with Crippen LogP contribution in [0.4, 0.5) is 0 Å². The summed E-state index contributed by atoms with van der Waals surface area (Å²) in [7, 11) is 0. The fourth-order valence-electron chi connectivity index (χ4n) is 1.70. The highest BCUT2D eigenvalue weighted by molar-refractivity contribution is 5.72. The molecule has 0 spiro atoms. The van der Waals surface area contributed by atoms with Crippen LogP contribution in [0.2, 0.25) is 0 Å². The zero-order chi connectivity index (χ0) is 11.0. The number of oxazole rings is 1. The van der Waals surface area contributed by atoms with E-state index in [0.29, 0.717) is 11.5 Å². The lowest BCUT2D eigenvalue weighted by Gasteiger charge is -1.98. The first kappa shape index (κ1) is 9.09. The molecule has 0 radical (unpaired) electrons. The zero-order valence-corrected chi connectivity index (χ0v) is 8.84. The molecular weight excluding hydrogens is 200 g/mol. The van der Waals surface area contributed by atoms with E-state index in [9.17, 15) is 0 Å². The van der Waals surface area contributed by atoms with Crippen LogP contribution in [0.25, 0.3) is 22.7 Å². The molecule has 3 aromatic rings. The third-order valence-corrected chi connectivity index (χ3v) is 2.54. The van der Waals surface area contributed by atoms with Crippen molar-refractivity contribution in [2.24, 2.45) is 0 Å². The summed E-state index contributed by atoms with van der Waals surface area (Å²) in [5, 5.41) is 0. The van der Waals surface area contributed by atoms with E-state index in [4.69, 9.17) is 4.42 Å². The van der Waals surface area contributed by atoms with E-state index in [1.807, 2.05) is 43.3 Å². The number of benzene rings is 1. The molecule has 0 atom stereocenters. The molecule has 3 heteroatoms. The summed E-state index contributed by atoms with van der Waals surface area (Å²) in [5.74, 6) is 0.631. The topological polar surface area (TPSA) is 38.9 Å². The second-order valence-electron chi connectivity index (χ2n) is 3.66. The summed E-state index contributed by atoms with van der Waals surface area (Å²) in [5.41, 5.74) is 3.54. The number of hydrogen-bond acceptors (Lipinski definition) is 3. The van der Waals surface area contributed by atoms with Crippen molar-refractivity contribution in [2.45, 2.75) is 6.92 Å². The highest BCUT2D eigenvalue weighted by Crippen LogP contribution is 2.25. The second-order valence-corrected chi connectivity index (χ2v) is 3.66. The van der Waals surface area contributed by atoms with Crippen LogP contribution in [0.3, 0.4) is 0 Å². The molecule has 16 heavy (non-hydrogen) atoms. The van der Waals surface area contributed by atoms with Gasteiger partial charge in [0.15, 0.2) is 11.2 Å². The van der Waals surface area contributed by atoms with Gasteiger partial charge in [0.25, 0.3) is 0 Å². The first-order valence-electron chi connectivity index (χ1n) is 5.12. The maximum atomic E-state index is 5.66. The number of aryl methyl sites for hydroxylation is 1. The monoisotopic (exact) mass is 210 g/mol. The lowest BCUT2D eigenvalue weighted by atomic mass is 10.1. The predicted octanol–water partition coefficient (Wildman–Crippen LogP) is 3.20. The lowest BCUT2D eigenvalue weighted by molar-refractivity contribution is 0.619. The molecule has 1 aromatic carbocycles. The van der Waals surface area contributed by atoms with Gasteiger partial charge in [-0.3, -0.25) is 0 Å². The van der Waals surface area contributed by atoms with E-state index >= 15 is 0 Å². The summed E-state index contributed by atoms with van der Waals surface area (Å²) in [4.78, 5) is 8.52. The predicted molar refractivity (Wildman–Crippen MR) is 62.0 cm³/mol. The van der Waals surface area contributed by atoms with Crippen molar-refractivity contribution in [3.63, 3.8) is 0 Å². The lowest BCUT2D eigenvalue weighted by Crippen LogP contribution is -1.81. The van der Waals surface area contributed by atoms with Crippen molar-refractivity contribution in [3.05, 3.63) is 48.2 Å². The molecule has 2 aromatic heterocycles. The van der Waals surface area contributed by atoms with Gasteiger partial charge in [0.1, 0.15) is 0 Å². The maximum Gasteiger partial charge on any atom is 0.229 e. The van der Waals surface area contributed by atoms with Gasteiger partial charge in [0.05, 0.1) is 0 Å². The quantitative estimate of drug-likeness (QED) is 0.619. The van der Waals surface area contributed by atoms with Gasteiger partial charge in [-0.25, -0.2) is 4.98 Å². The van der Waals surface area contributed by atoms with Gasteiger partial charge < -0.3 is 4.42 Å². The van der Waals surface area contributed by atoms with Crippen LogP contribution in [0.1, 0.15) is 5.56 Å². The molecule has 2 heterocycles. The van der Waals surface area contributed by atoms with Crippen LogP contribution < -0.4 is 0 Å². The molecule has 0 saturated carbocycles. The van der Waals surface area contributed by atoms with E-state index in [1.54, 1.807) is 6.20 Å². The Kier molecular flexibility index (Phi) is 1.96. The zero-order valence-electron chi connectivity index (χ0n) is 8.84. The van der Waals surface area contributed by atoms with Gasteiger partial charge in [-0.1, -0.05) is 18.2 Å². The SMILES string of the molecule is Cc1ccccc1-c1nc2ncccc2o1. The molecule has 0 aliphatic heterocycles. The van der Waals surface area contributed by atoms with E-state index < -0.39 is 0 Å². The average molecular weight is 210 g/mol. The Morgan fingerprint density at radius 2 is 1.94 bits per heavy atom. The van der Waals surface area contributed by atoms with Gasteiger partial charge in [0, 0.05) is 11.8 Å². The van der Waals surface area contributed by atoms with Gasteiger partial charge in [0.2, 0.25) is 5.89 Å². The summed E-state index contributed by atoms with van der Waals surface area (Å²) >= 11 is 0. The summed E-state index contributed by atoms with van der Waals surface area (Å²) in [6, 6.07) is 11.7. The average Bonchev–Trinajstić information content (AvgIpc) is 2.73. The Labute approximate surface area is 92.8 Å². The standard InChI is InChI=1S/C13H10N2O/c1-9-5-2-3-6-10(9)13-15-12-11(16-13)7-4-8-14-12/h2-8H,1H3. The summed E-state index contributed by atoms with van der Waals surface area (Å²) in [6.07, 6.45) is 1.71. The Morgan fingerprint density at radius 3 is 2.75 bits per heavy atom. The Bertz CT molecular complexity index is 610. The number of aromatic nitrogens is 2. The minimum absolute atomic E-state index is 0.631. The molecule has 3 nitrogen and oxygen atoms in total. The van der Waals surface area contributed by atoms with Gasteiger partial charge >= 0.3 is 0 Å². The molecule has 0 aliphatic rings. The van der Waals surface area contributed by atoms with E-state index in [0.717, 1.165) is 16.7 Å². The molecule has 0 saturated heterocycles. The van der Waals surface area contributed by atoms with Crippen molar-refractivity contribution in [2.75, 3.05) is 0 Å². The Morgan fingerprint density at radius 1 is 1.06 bits per heavy atom. The van der Waals surface area contributed by atoms with Crippen molar-refractivity contribution in [1.82, 2.24) is 9.97 Å². The van der Waals surface area contributed by atoms with E-state index in [2.05, 4.69) is 9.97 Å². The van der Waals surface area contributed by atoms with Crippen LogP contribution in [0, 0.1) is 6.92 Å². The largest absolute Gasteiger partial charge is 0.434 e. The normalized spacial score (nSPS) is 10.8. The number of fused-ring (bicyclic) bond motifs is 1. The molecule has 78 valence electrons. The molecule has 0 aliphatic carbocycles. The first-order valence-corrected chi connectivity index (χ1v) is 5.12. The van der Waals surface area contributed by atoms with Crippen LogP contribution >= 0.6 is 0 Å². The smallest absolute Gasteiger partial charge is 0.229 e. The Hall–Kier alpha value is -2.16. The fourth-order valence-corrected chi connectivity index (χ4v) is 1.70. The van der Waals surface area contributed by atoms with E-state index in [-0.39, 0.29) is 0 Å². The highest BCUT2D eigenvalue weighted by Gasteiger charge is 2.09. The fraction of sp³-hybridized carbons (Fsp3) is 0.0769. The summed E-state index contributed by atoms with van der Waals surface area (Å²) < 4.78 is 5.66. The molecule has 0 unspecified atom stereocenters. The van der Waals surface area contributed by atoms with Crippen molar-refractivity contribution in [1.29, 1.82) is 0 Å². The third-order valence-electron chi connectivity index (χ3n) is 2.54. The van der Waals surface area contributed by atoms with Gasteiger partial charge in [-0.2, -0.15) is 4.98 Å². The van der Waals surface area contributed by atoms with Crippen molar-refractivity contribution in [3.8, 4) is 11.5 Å². The molecule has 0 fully saturated rings. The number of pyridine rings is 1. The molecular formula is C13H10N2O. The second kappa shape index (κ2) is 3.45. The van der Waals surface area contributed by atoms with E-state index in [1.165, 1.54) is 0 Å². The van der Waals surface area contributed by atoms with Crippen LogP contribution in [0.15, 0.2) is 47.0 Å². The number of nitrogens with zero attached hydrogens (tertiary/aromatic N) is 2. The molecule has 0 amide bonds. The van der Waals surface area contributed by atoms with Crippen LogP contribution in [0.5, 0.6) is 0 Å². The number of hydrogen-bond donors (Lipinski definition) is 0. The maximum absolute atomic E-state index is 5.66. The van der Waals surface area contributed by atoms with Crippen molar-refractivity contribution >= 4 is 11.2 Å². The highest BCUT2D eigenvalue weighted by atomic mass is 16.3. The first-order chi connectivity index (χ1) is 7.84. The Balaban J connectivity index is 2.23. The van der Waals surface area contributed by atoms with Crippen molar-refractivity contribution < 1.29 is 4.42 Å². The molecule has 0 N–H and O–H groups in total. The van der Waals surface area contributed by atoms with Gasteiger partial charge in [-0.05, 0) is 30.7 Å². The molecule has 0 bridgehead atoms. The molecule has 3 rings (SSSR count). The number of rotatable bonds is 1. The van der Waals surface area contributed by atoms with Crippen LogP contribution in [-0.2, 0) is 0 Å². The van der Waals surface area contributed by atoms with Crippen LogP contribution in [-0.4, -0.2) is 9.97 Å². The summed E-state index contributed by atoms with van der Waals surface area (Å²) in [6.45, 7) is 2.04. The minimum Gasteiger partial charge on any atom is -0.434 e. The van der Waals surface area contributed by atoms with Gasteiger partial charge in [-0.15, -0.1) is 0 Å².